The maximum atomic E-state index is 5.48. The molecular formula is C9H16O2. The predicted molar refractivity (Wildman–Crippen MR) is 42.5 cm³/mol. The molecule has 0 radical (unpaired) electrons. The fourth-order valence-corrected chi connectivity index (χ4v) is 1.88. The topological polar surface area (TPSA) is 21.8 Å². The summed E-state index contributed by atoms with van der Waals surface area (Å²) in [7, 11) is 0. The van der Waals surface area contributed by atoms with E-state index in [2.05, 4.69) is 6.92 Å². The van der Waals surface area contributed by atoms with E-state index in [0.29, 0.717) is 12.2 Å². The molecule has 2 rings (SSSR count). The van der Waals surface area contributed by atoms with Crippen molar-refractivity contribution in [2.45, 2.75) is 38.4 Å². The van der Waals surface area contributed by atoms with E-state index >= 15 is 0 Å². The van der Waals surface area contributed by atoms with Crippen LogP contribution in [0.15, 0.2) is 0 Å². The molecule has 0 aromatic heterocycles. The van der Waals surface area contributed by atoms with Gasteiger partial charge in [0.25, 0.3) is 0 Å². The normalized spacial score (nSPS) is 40.6. The zero-order valence-electron chi connectivity index (χ0n) is 7.08. The second-order valence-corrected chi connectivity index (χ2v) is 3.63. The average Bonchev–Trinajstić information content (AvgIpc) is 2.61. The minimum absolute atomic E-state index is 0.616. The molecule has 0 bridgehead atoms. The van der Waals surface area contributed by atoms with Crippen LogP contribution in [0.2, 0.25) is 0 Å². The van der Waals surface area contributed by atoms with Gasteiger partial charge in [0.15, 0.2) is 0 Å². The zero-order valence-corrected chi connectivity index (χ0v) is 7.08. The highest BCUT2D eigenvalue weighted by Gasteiger charge is 2.47. The fourth-order valence-electron chi connectivity index (χ4n) is 1.88. The lowest BCUT2D eigenvalue weighted by Crippen LogP contribution is -2.09. The van der Waals surface area contributed by atoms with Crippen molar-refractivity contribution in [3.8, 4) is 0 Å². The average molecular weight is 156 g/mol. The number of ether oxygens (including phenoxy) is 2. The Kier molecular flexibility index (Phi) is 2.14. The molecule has 0 aromatic carbocycles. The van der Waals surface area contributed by atoms with Gasteiger partial charge in [-0.3, -0.25) is 0 Å². The van der Waals surface area contributed by atoms with Crippen molar-refractivity contribution in [3.05, 3.63) is 0 Å². The molecule has 0 spiro atoms. The molecule has 64 valence electrons. The molecule has 1 aliphatic carbocycles. The number of hydrogen-bond donors (Lipinski definition) is 0. The minimum Gasteiger partial charge on any atom is -0.381 e. The summed E-state index contributed by atoms with van der Waals surface area (Å²) in [5.41, 5.74) is 0. The minimum atomic E-state index is 0.616. The van der Waals surface area contributed by atoms with Gasteiger partial charge in [-0.25, -0.2) is 0 Å². The molecule has 2 fully saturated rings. The first-order valence-electron chi connectivity index (χ1n) is 4.63. The largest absolute Gasteiger partial charge is 0.381 e. The van der Waals surface area contributed by atoms with Gasteiger partial charge in [0.2, 0.25) is 0 Å². The Morgan fingerprint density at radius 1 is 1.36 bits per heavy atom. The lowest BCUT2D eigenvalue weighted by atomic mass is 10.1. The van der Waals surface area contributed by atoms with Gasteiger partial charge in [0, 0.05) is 13.2 Å². The van der Waals surface area contributed by atoms with Crippen molar-refractivity contribution in [2.75, 3.05) is 13.2 Å². The summed E-state index contributed by atoms with van der Waals surface area (Å²) in [4.78, 5) is 0. The highest BCUT2D eigenvalue weighted by atomic mass is 16.6. The summed E-state index contributed by atoms with van der Waals surface area (Å²) in [6.07, 6.45) is 4.86. The molecule has 11 heavy (non-hydrogen) atoms. The van der Waals surface area contributed by atoms with Gasteiger partial charge < -0.3 is 9.47 Å². The number of epoxide rings is 1. The Bertz CT molecular complexity index is 126. The molecule has 1 unspecified atom stereocenters. The summed E-state index contributed by atoms with van der Waals surface area (Å²) in [6.45, 7) is 4.03. The van der Waals surface area contributed by atoms with Crippen LogP contribution in [0.5, 0.6) is 0 Å². The third kappa shape index (κ3) is 1.74. The van der Waals surface area contributed by atoms with Gasteiger partial charge >= 0.3 is 0 Å². The van der Waals surface area contributed by atoms with Crippen LogP contribution in [-0.2, 0) is 9.47 Å². The predicted octanol–water partition coefficient (Wildman–Crippen LogP) is 1.59. The summed E-state index contributed by atoms with van der Waals surface area (Å²) >= 11 is 0. The summed E-state index contributed by atoms with van der Waals surface area (Å²) in [5.74, 6) is 0.797. The third-order valence-electron chi connectivity index (χ3n) is 2.52. The first kappa shape index (κ1) is 7.56. The van der Waals surface area contributed by atoms with Crippen molar-refractivity contribution in [1.29, 1.82) is 0 Å². The standard InChI is InChI=1S/C9H16O2/c1-2-3-10-6-7-4-8-9(5-7)11-8/h7-9H,2-6H2,1H3/t7?,8-,9+. The first-order chi connectivity index (χ1) is 5.40. The second kappa shape index (κ2) is 3.11. The van der Waals surface area contributed by atoms with Gasteiger partial charge in [-0.1, -0.05) is 6.92 Å². The molecule has 2 aliphatic rings. The monoisotopic (exact) mass is 156 g/mol. The highest BCUT2D eigenvalue weighted by Crippen LogP contribution is 2.42. The van der Waals surface area contributed by atoms with Crippen molar-refractivity contribution in [1.82, 2.24) is 0 Å². The van der Waals surface area contributed by atoms with E-state index in [-0.39, 0.29) is 0 Å². The van der Waals surface area contributed by atoms with E-state index in [1.807, 2.05) is 0 Å². The van der Waals surface area contributed by atoms with Crippen LogP contribution in [-0.4, -0.2) is 25.4 Å². The number of rotatable bonds is 4. The van der Waals surface area contributed by atoms with Crippen LogP contribution >= 0.6 is 0 Å². The molecule has 1 heterocycles. The van der Waals surface area contributed by atoms with Gasteiger partial charge in [-0.05, 0) is 25.2 Å². The number of fused-ring (bicyclic) bond motifs is 1. The molecule has 0 aromatic rings. The fraction of sp³-hybridized carbons (Fsp3) is 1.00. The van der Waals surface area contributed by atoms with Crippen molar-refractivity contribution < 1.29 is 9.47 Å². The summed E-state index contributed by atoms with van der Waals surface area (Å²) < 4.78 is 10.8. The van der Waals surface area contributed by atoms with E-state index in [4.69, 9.17) is 9.47 Å². The highest BCUT2D eigenvalue weighted by molar-refractivity contribution is 4.95. The maximum Gasteiger partial charge on any atom is 0.0845 e. The molecule has 1 saturated carbocycles. The van der Waals surface area contributed by atoms with E-state index < -0.39 is 0 Å². The summed E-state index contributed by atoms with van der Waals surface area (Å²) in [5, 5.41) is 0. The van der Waals surface area contributed by atoms with Crippen LogP contribution in [0.4, 0.5) is 0 Å². The Hall–Kier alpha value is -0.0800. The quantitative estimate of drug-likeness (QED) is 0.455. The number of hydrogen-bond acceptors (Lipinski definition) is 2. The van der Waals surface area contributed by atoms with Crippen LogP contribution in [0, 0.1) is 5.92 Å². The van der Waals surface area contributed by atoms with Gasteiger partial charge in [-0.2, -0.15) is 0 Å². The Labute approximate surface area is 67.9 Å². The zero-order chi connectivity index (χ0) is 7.68. The van der Waals surface area contributed by atoms with E-state index in [1.54, 1.807) is 0 Å². The summed E-state index contributed by atoms with van der Waals surface area (Å²) in [6, 6.07) is 0. The van der Waals surface area contributed by atoms with Crippen LogP contribution in [0.3, 0.4) is 0 Å². The van der Waals surface area contributed by atoms with Crippen molar-refractivity contribution in [3.63, 3.8) is 0 Å². The lowest BCUT2D eigenvalue weighted by molar-refractivity contribution is 0.0869. The van der Waals surface area contributed by atoms with Crippen LogP contribution < -0.4 is 0 Å². The van der Waals surface area contributed by atoms with Crippen molar-refractivity contribution >= 4 is 0 Å². The second-order valence-electron chi connectivity index (χ2n) is 3.63. The maximum absolute atomic E-state index is 5.48. The molecular weight excluding hydrogens is 140 g/mol. The Morgan fingerprint density at radius 2 is 2.09 bits per heavy atom. The SMILES string of the molecule is CCCOCC1C[C@@H]2O[C@@H]2C1. The Morgan fingerprint density at radius 3 is 2.73 bits per heavy atom. The molecule has 2 heteroatoms. The molecule has 2 nitrogen and oxygen atoms in total. The third-order valence-corrected chi connectivity index (χ3v) is 2.52. The van der Waals surface area contributed by atoms with Gasteiger partial charge in [0.1, 0.15) is 0 Å². The van der Waals surface area contributed by atoms with Crippen LogP contribution in [0.1, 0.15) is 26.2 Å². The lowest BCUT2D eigenvalue weighted by Gasteiger charge is -2.10. The van der Waals surface area contributed by atoms with Crippen LogP contribution in [0.25, 0.3) is 0 Å². The molecule has 1 aliphatic heterocycles. The first-order valence-corrected chi connectivity index (χ1v) is 4.63. The molecule has 0 amide bonds. The van der Waals surface area contributed by atoms with Gasteiger partial charge in [0.05, 0.1) is 12.2 Å². The molecule has 0 N–H and O–H groups in total. The van der Waals surface area contributed by atoms with E-state index in [0.717, 1.165) is 25.6 Å². The van der Waals surface area contributed by atoms with Gasteiger partial charge in [-0.15, -0.1) is 0 Å². The Balaban J connectivity index is 1.57. The van der Waals surface area contributed by atoms with E-state index in [9.17, 15) is 0 Å². The molecule has 3 atom stereocenters. The molecule has 1 saturated heterocycles. The van der Waals surface area contributed by atoms with E-state index in [1.165, 1.54) is 12.8 Å². The smallest absolute Gasteiger partial charge is 0.0845 e. The van der Waals surface area contributed by atoms with Crippen molar-refractivity contribution in [2.24, 2.45) is 5.92 Å².